The van der Waals surface area contributed by atoms with Crippen LogP contribution in [0, 0.1) is 6.92 Å². The van der Waals surface area contributed by atoms with E-state index in [1.807, 2.05) is 45.0 Å². The molecule has 0 aliphatic rings. The van der Waals surface area contributed by atoms with E-state index >= 15 is 0 Å². The van der Waals surface area contributed by atoms with Crippen LogP contribution in [0.1, 0.15) is 90.8 Å². The smallest absolute Gasteiger partial charge is 0.408 e. The van der Waals surface area contributed by atoms with Gasteiger partial charge >= 0.3 is 6.09 Å². The summed E-state index contributed by atoms with van der Waals surface area (Å²) in [5.74, 6) is -1.39. The fourth-order valence-electron chi connectivity index (χ4n) is 3.85. The van der Waals surface area contributed by atoms with Gasteiger partial charge < -0.3 is 26.0 Å². The van der Waals surface area contributed by atoms with Crippen molar-refractivity contribution in [3.05, 3.63) is 35.4 Å². The molecule has 9 heteroatoms. The molecule has 1 aromatic carbocycles. The Labute approximate surface area is 215 Å². The topological polar surface area (TPSA) is 131 Å². The van der Waals surface area contributed by atoms with Crippen molar-refractivity contribution in [2.45, 2.75) is 104 Å². The SMILES string of the molecule is CCCCCNC(=O)C(c1ccccc1C)N(C(=O)C(CCC(N)=O)NC(=O)OC(C)(C)C)C(C)C. The molecule has 2 unspecified atom stereocenters. The third-order valence-electron chi connectivity index (χ3n) is 5.57. The first-order valence-electron chi connectivity index (χ1n) is 12.7. The number of unbranched alkanes of at least 4 members (excludes halogenated alkanes) is 2. The number of benzene rings is 1. The van der Waals surface area contributed by atoms with Crippen LogP contribution in [0.3, 0.4) is 0 Å². The average molecular weight is 505 g/mol. The summed E-state index contributed by atoms with van der Waals surface area (Å²) in [4.78, 5) is 53.0. The predicted octanol–water partition coefficient (Wildman–Crippen LogP) is 3.74. The van der Waals surface area contributed by atoms with E-state index in [-0.39, 0.29) is 24.8 Å². The normalized spacial score (nSPS) is 13.0. The van der Waals surface area contributed by atoms with E-state index in [1.165, 1.54) is 4.90 Å². The van der Waals surface area contributed by atoms with Gasteiger partial charge in [-0.2, -0.15) is 0 Å². The molecule has 202 valence electrons. The minimum Gasteiger partial charge on any atom is -0.444 e. The van der Waals surface area contributed by atoms with E-state index in [0.717, 1.165) is 24.8 Å². The van der Waals surface area contributed by atoms with Crippen molar-refractivity contribution in [3.8, 4) is 0 Å². The second-order valence-corrected chi connectivity index (χ2v) is 10.3. The van der Waals surface area contributed by atoms with E-state index in [1.54, 1.807) is 20.8 Å². The number of nitrogens with zero attached hydrogens (tertiary/aromatic N) is 1. The standard InChI is InChI=1S/C27H44N4O5/c1-8-9-12-17-29-24(33)23(20-14-11-10-13-19(20)4)31(18(2)3)25(34)21(15-16-22(28)32)30-26(35)36-27(5,6)7/h10-11,13-14,18,21,23H,8-9,12,15-17H2,1-7H3,(H2,28,32)(H,29,33)(H,30,35). The van der Waals surface area contributed by atoms with Crippen molar-refractivity contribution in [2.75, 3.05) is 6.54 Å². The Balaban J connectivity index is 3.41. The van der Waals surface area contributed by atoms with E-state index in [0.29, 0.717) is 12.1 Å². The molecule has 0 aliphatic carbocycles. The van der Waals surface area contributed by atoms with Gasteiger partial charge in [-0.05, 0) is 65.5 Å². The lowest BCUT2D eigenvalue weighted by atomic mass is 9.96. The Morgan fingerprint density at radius 2 is 1.72 bits per heavy atom. The molecule has 36 heavy (non-hydrogen) atoms. The van der Waals surface area contributed by atoms with E-state index in [2.05, 4.69) is 17.6 Å². The molecule has 0 aliphatic heterocycles. The molecule has 9 nitrogen and oxygen atoms in total. The van der Waals surface area contributed by atoms with E-state index in [9.17, 15) is 19.2 Å². The number of rotatable bonds is 13. The Bertz CT molecular complexity index is 894. The Morgan fingerprint density at radius 1 is 1.08 bits per heavy atom. The molecule has 0 heterocycles. The second-order valence-electron chi connectivity index (χ2n) is 10.3. The zero-order valence-electron chi connectivity index (χ0n) is 22.8. The van der Waals surface area contributed by atoms with Crippen LogP contribution < -0.4 is 16.4 Å². The maximum atomic E-state index is 13.9. The maximum Gasteiger partial charge on any atom is 0.408 e. The lowest BCUT2D eigenvalue weighted by Gasteiger charge is -2.37. The number of amides is 4. The van der Waals surface area contributed by atoms with Gasteiger partial charge in [-0.15, -0.1) is 0 Å². The zero-order chi connectivity index (χ0) is 27.5. The molecule has 0 aromatic heterocycles. The maximum absolute atomic E-state index is 13.9. The molecule has 0 bridgehead atoms. The highest BCUT2D eigenvalue weighted by Crippen LogP contribution is 2.28. The number of hydrogen-bond donors (Lipinski definition) is 3. The van der Waals surface area contributed by atoms with Crippen LogP contribution in [0.2, 0.25) is 0 Å². The Hall–Kier alpha value is -3.10. The number of primary amides is 1. The molecule has 0 fully saturated rings. The molecule has 4 N–H and O–H groups in total. The fourth-order valence-corrected chi connectivity index (χ4v) is 3.85. The van der Waals surface area contributed by atoms with Crippen LogP contribution >= 0.6 is 0 Å². The van der Waals surface area contributed by atoms with Gasteiger partial charge in [-0.1, -0.05) is 44.0 Å². The summed E-state index contributed by atoms with van der Waals surface area (Å²) in [6.07, 6.45) is 1.92. The van der Waals surface area contributed by atoms with Gasteiger partial charge in [0, 0.05) is 19.0 Å². The van der Waals surface area contributed by atoms with E-state index < -0.39 is 35.6 Å². The number of carbonyl (C=O) groups excluding carboxylic acids is 4. The highest BCUT2D eigenvalue weighted by molar-refractivity contribution is 5.92. The molecule has 0 saturated carbocycles. The van der Waals surface area contributed by atoms with Crippen LogP contribution in [0.25, 0.3) is 0 Å². The molecular formula is C27H44N4O5. The molecular weight excluding hydrogens is 460 g/mol. The lowest BCUT2D eigenvalue weighted by molar-refractivity contribution is -0.144. The summed E-state index contributed by atoms with van der Waals surface area (Å²) < 4.78 is 5.34. The quantitative estimate of drug-likeness (QED) is 0.352. The largest absolute Gasteiger partial charge is 0.444 e. The molecule has 0 radical (unpaired) electrons. The number of carbonyl (C=O) groups is 4. The second kappa shape index (κ2) is 14.5. The summed E-state index contributed by atoms with van der Waals surface area (Å²) in [6, 6.07) is 5.00. The summed E-state index contributed by atoms with van der Waals surface area (Å²) in [5, 5.41) is 5.57. The number of ether oxygens (including phenoxy) is 1. The summed E-state index contributed by atoms with van der Waals surface area (Å²) in [6.45, 7) is 13.2. The minimum absolute atomic E-state index is 0.0186. The van der Waals surface area contributed by atoms with Crippen LogP contribution in [0.5, 0.6) is 0 Å². The van der Waals surface area contributed by atoms with E-state index in [4.69, 9.17) is 10.5 Å². The van der Waals surface area contributed by atoms with Gasteiger partial charge in [0.25, 0.3) is 0 Å². The first kappa shape index (κ1) is 30.9. The highest BCUT2D eigenvalue weighted by atomic mass is 16.6. The number of hydrogen-bond acceptors (Lipinski definition) is 5. The molecule has 1 rings (SSSR count). The van der Waals surface area contributed by atoms with Gasteiger partial charge in [0.05, 0.1) is 0 Å². The fraction of sp³-hybridized carbons (Fsp3) is 0.630. The van der Waals surface area contributed by atoms with Crippen LogP contribution in [-0.4, -0.2) is 52.9 Å². The van der Waals surface area contributed by atoms with Crippen molar-refractivity contribution < 1.29 is 23.9 Å². The third-order valence-corrected chi connectivity index (χ3v) is 5.57. The Kier molecular flexibility index (Phi) is 12.4. The van der Waals surface area contributed by atoms with Crippen molar-refractivity contribution in [1.29, 1.82) is 0 Å². The van der Waals surface area contributed by atoms with Crippen molar-refractivity contribution >= 4 is 23.8 Å². The van der Waals surface area contributed by atoms with Gasteiger partial charge in [0.1, 0.15) is 17.7 Å². The monoisotopic (exact) mass is 504 g/mol. The number of nitrogens with one attached hydrogen (secondary N) is 2. The Morgan fingerprint density at radius 3 is 2.25 bits per heavy atom. The zero-order valence-corrected chi connectivity index (χ0v) is 22.8. The highest BCUT2D eigenvalue weighted by Gasteiger charge is 2.38. The van der Waals surface area contributed by atoms with Crippen LogP contribution in [0.15, 0.2) is 24.3 Å². The van der Waals surface area contributed by atoms with Gasteiger partial charge in [0.2, 0.25) is 17.7 Å². The first-order valence-corrected chi connectivity index (χ1v) is 12.7. The van der Waals surface area contributed by atoms with Crippen LogP contribution in [-0.2, 0) is 19.1 Å². The molecule has 4 amide bonds. The molecule has 0 saturated heterocycles. The third kappa shape index (κ3) is 10.3. The van der Waals surface area contributed by atoms with Gasteiger partial charge in [-0.3, -0.25) is 14.4 Å². The van der Waals surface area contributed by atoms with Crippen molar-refractivity contribution in [2.24, 2.45) is 5.73 Å². The minimum atomic E-state index is -1.10. The molecule has 0 spiro atoms. The van der Waals surface area contributed by atoms with Gasteiger partial charge in [-0.25, -0.2) is 4.79 Å². The lowest BCUT2D eigenvalue weighted by Crippen LogP contribution is -2.55. The van der Waals surface area contributed by atoms with Crippen LogP contribution in [0.4, 0.5) is 4.79 Å². The average Bonchev–Trinajstić information content (AvgIpc) is 2.76. The number of alkyl carbamates (subject to hydrolysis) is 1. The number of aryl methyl sites for hydroxylation is 1. The van der Waals surface area contributed by atoms with Crippen molar-refractivity contribution in [1.82, 2.24) is 15.5 Å². The first-order chi connectivity index (χ1) is 16.8. The predicted molar refractivity (Wildman–Crippen MR) is 140 cm³/mol. The van der Waals surface area contributed by atoms with Gasteiger partial charge in [0.15, 0.2) is 0 Å². The molecule has 1 aromatic rings. The van der Waals surface area contributed by atoms with Crippen molar-refractivity contribution in [3.63, 3.8) is 0 Å². The molecule has 2 atom stereocenters. The summed E-state index contributed by atoms with van der Waals surface area (Å²) in [7, 11) is 0. The summed E-state index contributed by atoms with van der Waals surface area (Å²) >= 11 is 0. The number of nitrogens with two attached hydrogens (primary N) is 1. The summed E-state index contributed by atoms with van der Waals surface area (Å²) in [5.41, 5.74) is 6.11.